The van der Waals surface area contributed by atoms with Gasteiger partial charge < -0.3 is 9.88 Å². The molecule has 0 atom stereocenters. The van der Waals surface area contributed by atoms with E-state index in [1.165, 1.54) is 4.90 Å². The highest BCUT2D eigenvalue weighted by Gasteiger charge is 2.29. The van der Waals surface area contributed by atoms with Crippen molar-refractivity contribution in [2.24, 2.45) is 0 Å². The van der Waals surface area contributed by atoms with Crippen LogP contribution >= 0.6 is 23.4 Å². The number of halogens is 1. The Morgan fingerprint density at radius 2 is 1.97 bits per heavy atom. The minimum absolute atomic E-state index is 0.148. The van der Waals surface area contributed by atoms with Crippen molar-refractivity contribution in [1.82, 2.24) is 19.7 Å². The van der Waals surface area contributed by atoms with Crippen molar-refractivity contribution in [1.29, 1.82) is 0 Å². The number of fused-ring (bicyclic) bond motifs is 1. The van der Waals surface area contributed by atoms with Gasteiger partial charge in [-0.3, -0.25) is 19.3 Å². The third-order valence-electron chi connectivity index (χ3n) is 5.95. The van der Waals surface area contributed by atoms with E-state index in [0.29, 0.717) is 27.7 Å². The Morgan fingerprint density at radius 1 is 1.09 bits per heavy atom. The lowest BCUT2D eigenvalue weighted by atomic mass is 10.1. The van der Waals surface area contributed by atoms with E-state index in [-0.39, 0.29) is 29.4 Å². The van der Waals surface area contributed by atoms with Crippen LogP contribution in [0.4, 0.5) is 10.5 Å². The molecule has 3 amide bonds. The van der Waals surface area contributed by atoms with Gasteiger partial charge in [-0.2, -0.15) is 0 Å². The summed E-state index contributed by atoms with van der Waals surface area (Å²) in [7, 11) is 0. The highest BCUT2D eigenvalue weighted by molar-refractivity contribution is 8.14. The van der Waals surface area contributed by atoms with Crippen LogP contribution in [0.5, 0.6) is 0 Å². The van der Waals surface area contributed by atoms with E-state index in [2.05, 4.69) is 20.1 Å². The number of imide groups is 1. The predicted molar refractivity (Wildman–Crippen MR) is 131 cm³/mol. The molecule has 34 heavy (non-hydrogen) atoms. The summed E-state index contributed by atoms with van der Waals surface area (Å²) in [4.78, 5) is 37.9. The predicted octanol–water partition coefficient (Wildman–Crippen LogP) is 4.77. The molecule has 5 rings (SSSR count). The van der Waals surface area contributed by atoms with E-state index in [4.69, 9.17) is 11.6 Å². The molecule has 2 aliphatic heterocycles. The first-order valence-corrected chi connectivity index (χ1v) is 12.5. The number of carbonyl (C=O) groups is 3. The Labute approximate surface area is 205 Å². The molecule has 3 aromatic rings. The van der Waals surface area contributed by atoms with Crippen LogP contribution in [-0.4, -0.2) is 42.5 Å². The van der Waals surface area contributed by atoms with Gasteiger partial charge in [0.2, 0.25) is 5.91 Å². The second kappa shape index (κ2) is 9.60. The number of hydrogen-bond donors (Lipinski definition) is 1. The van der Waals surface area contributed by atoms with Gasteiger partial charge in [-0.1, -0.05) is 41.9 Å². The Balaban J connectivity index is 1.36. The Bertz CT molecular complexity index is 1280. The van der Waals surface area contributed by atoms with Crippen LogP contribution in [-0.2, 0) is 24.3 Å². The van der Waals surface area contributed by atoms with Crippen molar-refractivity contribution in [2.45, 2.75) is 38.8 Å². The van der Waals surface area contributed by atoms with Gasteiger partial charge in [0.15, 0.2) is 5.82 Å². The molecule has 0 aliphatic carbocycles. The van der Waals surface area contributed by atoms with Gasteiger partial charge in [0, 0.05) is 29.8 Å². The smallest absolute Gasteiger partial charge is 0.289 e. The van der Waals surface area contributed by atoms with E-state index in [0.717, 1.165) is 55.4 Å². The molecule has 2 aliphatic rings. The maximum Gasteiger partial charge on any atom is 0.289 e. The Hall–Kier alpha value is -3.17. The maximum absolute atomic E-state index is 13.0. The number of hydrogen-bond acceptors (Lipinski definition) is 6. The molecule has 0 unspecified atom stereocenters. The first-order valence-electron chi connectivity index (χ1n) is 11.1. The molecule has 1 aromatic heterocycles. The van der Waals surface area contributed by atoms with Gasteiger partial charge in [0.05, 0.1) is 17.3 Å². The lowest BCUT2D eigenvalue weighted by Gasteiger charge is -2.14. The van der Waals surface area contributed by atoms with Gasteiger partial charge in [-0.05, 0) is 48.7 Å². The number of carbonyl (C=O) groups excluding carboxylic acids is 3. The van der Waals surface area contributed by atoms with Gasteiger partial charge >= 0.3 is 0 Å². The third-order valence-corrected chi connectivity index (χ3v) is 7.13. The molecule has 174 valence electrons. The molecule has 0 saturated carbocycles. The fraction of sp³-hybridized carbons (Fsp3) is 0.292. The van der Waals surface area contributed by atoms with Crippen LogP contribution < -0.4 is 5.32 Å². The molecule has 0 spiro atoms. The number of benzene rings is 2. The minimum atomic E-state index is -0.302. The van der Waals surface area contributed by atoms with Crippen molar-refractivity contribution in [3.05, 3.63) is 64.4 Å². The van der Waals surface area contributed by atoms with E-state index in [1.54, 1.807) is 36.4 Å². The Morgan fingerprint density at radius 3 is 2.79 bits per heavy atom. The summed E-state index contributed by atoms with van der Waals surface area (Å²) in [5.41, 5.74) is 2.44. The third kappa shape index (κ3) is 4.58. The van der Waals surface area contributed by atoms with Crippen molar-refractivity contribution >= 4 is 46.1 Å². The SMILES string of the molecule is O=C(Nc1ccc(Cl)c(-c2nnc3n2CCCCC3)c1)c1cccc(CN2C(=O)CSC2=O)c1. The van der Waals surface area contributed by atoms with Crippen LogP contribution in [0.1, 0.15) is 41.0 Å². The van der Waals surface area contributed by atoms with Crippen LogP contribution in [0.2, 0.25) is 5.02 Å². The van der Waals surface area contributed by atoms with E-state index in [1.807, 2.05) is 6.07 Å². The van der Waals surface area contributed by atoms with Crippen LogP contribution in [0.25, 0.3) is 11.4 Å². The molecule has 0 radical (unpaired) electrons. The number of nitrogens with one attached hydrogen (secondary N) is 1. The molecular weight excluding hydrogens is 474 g/mol. The largest absolute Gasteiger partial charge is 0.322 e. The normalized spacial score (nSPS) is 15.9. The zero-order chi connectivity index (χ0) is 23.7. The summed E-state index contributed by atoms with van der Waals surface area (Å²) in [5, 5.41) is 11.9. The molecule has 1 N–H and O–H groups in total. The number of amides is 3. The lowest BCUT2D eigenvalue weighted by Crippen LogP contribution is -2.28. The summed E-state index contributed by atoms with van der Waals surface area (Å²) in [5.74, 6) is 1.31. The number of anilines is 1. The van der Waals surface area contributed by atoms with Crippen LogP contribution in [0.3, 0.4) is 0 Å². The van der Waals surface area contributed by atoms with Crippen molar-refractivity contribution < 1.29 is 14.4 Å². The van der Waals surface area contributed by atoms with Crippen molar-refractivity contribution in [3.63, 3.8) is 0 Å². The number of aromatic nitrogens is 3. The number of rotatable bonds is 5. The molecule has 0 bridgehead atoms. The lowest BCUT2D eigenvalue weighted by molar-refractivity contribution is -0.125. The molecule has 1 fully saturated rings. The molecule has 3 heterocycles. The summed E-state index contributed by atoms with van der Waals surface area (Å²) < 4.78 is 2.11. The topological polar surface area (TPSA) is 97.2 Å². The van der Waals surface area contributed by atoms with Crippen molar-refractivity contribution in [2.75, 3.05) is 11.1 Å². The summed E-state index contributed by atoms with van der Waals surface area (Å²) in [6, 6.07) is 12.2. The van der Waals surface area contributed by atoms with E-state index < -0.39 is 0 Å². The van der Waals surface area contributed by atoms with E-state index in [9.17, 15) is 14.4 Å². The standard InChI is InChI=1S/C24H22ClN5O3S/c25-19-9-8-17(12-18(19)22-28-27-20-7-2-1-3-10-29(20)22)26-23(32)16-6-4-5-15(11-16)13-30-21(31)14-34-24(30)33/h4-6,8-9,11-12H,1-3,7,10,13-14H2,(H,26,32). The molecule has 2 aromatic carbocycles. The monoisotopic (exact) mass is 495 g/mol. The maximum atomic E-state index is 13.0. The first kappa shape index (κ1) is 22.6. The molecular formula is C24H22ClN5O3S. The average molecular weight is 496 g/mol. The van der Waals surface area contributed by atoms with Gasteiger partial charge in [-0.25, -0.2) is 0 Å². The second-order valence-corrected chi connectivity index (χ2v) is 9.62. The number of thioether (sulfide) groups is 1. The average Bonchev–Trinajstić information content (AvgIpc) is 3.28. The highest BCUT2D eigenvalue weighted by Crippen LogP contribution is 2.31. The fourth-order valence-corrected chi connectivity index (χ4v) is 5.12. The van der Waals surface area contributed by atoms with Gasteiger partial charge in [0.25, 0.3) is 11.1 Å². The first-order chi connectivity index (χ1) is 16.5. The van der Waals surface area contributed by atoms with Crippen LogP contribution in [0.15, 0.2) is 42.5 Å². The summed E-state index contributed by atoms with van der Waals surface area (Å²) in [6.45, 7) is 0.993. The van der Waals surface area contributed by atoms with Crippen LogP contribution in [0, 0.1) is 0 Å². The molecule has 10 heteroatoms. The second-order valence-electron chi connectivity index (χ2n) is 8.29. The minimum Gasteiger partial charge on any atom is -0.322 e. The zero-order valence-electron chi connectivity index (χ0n) is 18.3. The Kier molecular flexibility index (Phi) is 6.38. The van der Waals surface area contributed by atoms with Gasteiger partial charge in [-0.15, -0.1) is 10.2 Å². The molecule has 8 nitrogen and oxygen atoms in total. The fourth-order valence-electron chi connectivity index (χ4n) is 4.19. The molecule has 1 saturated heterocycles. The summed E-state index contributed by atoms with van der Waals surface area (Å²) in [6.07, 6.45) is 4.21. The number of nitrogens with zero attached hydrogens (tertiary/aromatic N) is 4. The summed E-state index contributed by atoms with van der Waals surface area (Å²) >= 11 is 7.49. The highest BCUT2D eigenvalue weighted by atomic mass is 35.5. The zero-order valence-corrected chi connectivity index (χ0v) is 19.9. The van der Waals surface area contributed by atoms with Crippen molar-refractivity contribution in [3.8, 4) is 11.4 Å². The van der Waals surface area contributed by atoms with Gasteiger partial charge in [0.1, 0.15) is 5.82 Å². The quantitative estimate of drug-likeness (QED) is 0.547. The van der Waals surface area contributed by atoms with E-state index >= 15 is 0 Å². The number of aryl methyl sites for hydroxylation is 1.